The van der Waals surface area contributed by atoms with Crippen LogP contribution < -0.4 is 15.6 Å². The van der Waals surface area contributed by atoms with E-state index in [1.165, 1.54) is 24.9 Å². The SMILES string of the molecule is COc1nc(N)nc2c1ncn2[C@@H]1OC(COP2(=O)NC(C(=O)OC(C)c3ccccc3)CCS2)[C@@H](O)[C@@]1(C)O. The topological polar surface area (TPSA) is 193 Å². The van der Waals surface area contributed by atoms with Gasteiger partial charge in [-0.3, -0.25) is 13.9 Å². The number of esters is 1. The number of carbonyl (C=O) groups excluding carboxylic acids is 1. The molecule has 2 saturated heterocycles. The fourth-order valence-corrected chi connectivity index (χ4v) is 8.46. The molecule has 2 aliphatic rings. The largest absolute Gasteiger partial charge is 0.479 e. The van der Waals surface area contributed by atoms with E-state index in [1.807, 2.05) is 30.3 Å². The molecule has 0 spiro atoms. The molecule has 14 nitrogen and oxygen atoms in total. The van der Waals surface area contributed by atoms with Crippen LogP contribution in [-0.4, -0.2) is 79.0 Å². The Morgan fingerprint density at radius 1 is 1.38 bits per heavy atom. The van der Waals surface area contributed by atoms with E-state index in [0.29, 0.717) is 12.2 Å². The number of nitrogen functional groups attached to an aromatic ring is 1. The van der Waals surface area contributed by atoms with E-state index in [-0.39, 0.29) is 29.6 Å². The highest BCUT2D eigenvalue weighted by atomic mass is 32.7. The molecule has 0 bridgehead atoms. The number of ether oxygens (including phenoxy) is 3. The summed E-state index contributed by atoms with van der Waals surface area (Å²) in [7, 11) is 1.41. The number of fused-ring (bicyclic) bond motifs is 1. The average molecular weight is 595 g/mol. The van der Waals surface area contributed by atoms with Crippen LogP contribution in [0.5, 0.6) is 5.88 Å². The van der Waals surface area contributed by atoms with Crippen LogP contribution in [0.1, 0.15) is 38.2 Å². The Kier molecular flexibility index (Phi) is 8.08. The van der Waals surface area contributed by atoms with Crippen molar-refractivity contribution in [3.05, 3.63) is 42.2 Å². The van der Waals surface area contributed by atoms with Gasteiger partial charge in [-0.05, 0) is 25.8 Å². The Labute approximate surface area is 233 Å². The van der Waals surface area contributed by atoms with Crippen molar-refractivity contribution >= 4 is 41.2 Å². The third kappa shape index (κ3) is 5.55. The van der Waals surface area contributed by atoms with Crippen molar-refractivity contribution in [1.82, 2.24) is 24.6 Å². The summed E-state index contributed by atoms with van der Waals surface area (Å²) >= 11 is 1.05. The molecular weight excluding hydrogens is 563 g/mol. The molecule has 2 aromatic heterocycles. The smallest absolute Gasteiger partial charge is 0.327 e. The number of hydrogen-bond donors (Lipinski definition) is 4. The van der Waals surface area contributed by atoms with Gasteiger partial charge in [0.05, 0.1) is 20.0 Å². The number of methoxy groups -OCH3 is 1. The molecule has 0 aliphatic carbocycles. The lowest BCUT2D eigenvalue weighted by Crippen LogP contribution is -2.44. The van der Waals surface area contributed by atoms with Gasteiger partial charge in [0.25, 0.3) is 0 Å². The molecule has 216 valence electrons. The van der Waals surface area contributed by atoms with Gasteiger partial charge in [-0.15, -0.1) is 0 Å². The number of aromatic nitrogens is 4. The fraction of sp³-hybridized carbons (Fsp3) is 0.500. The number of nitrogens with one attached hydrogen (secondary N) is 1. The van der Waals surface area contributed by atoms with Gasteiger partial charge in [-0.25, -0.2) is 10.1 Å². The molecule has 40 heavy (non-hydrogen) atoms. The van der Waals surface area contributed by atoms with Gasteiger partial charge in [0.2, 0.25) is 11.8 Å². The van der Waals surface area contributed by atoms with E-state index in [9.17, 15) is 19.6 Å². The highest BCUT2D eigenvalue weighted by Crippen LogP contribution is 2.59. The van der Waals surface area contributed by atoms with Crippen LogP contribution >= 0.6 is 18.1 Å². The van der Waals surface area contributed by atoms with Crippen LogP contribution in [-0.2, 0) is 23.4 Å². The van der Waals surface area contributed by atoms with E-state index in [4.69, 9.17) is 24.5 Å². The highest BCUT2D eigenvalue weighted by Gasteiger charge is 2.54. The van der Waals surface area contributed by atoms with Gasteiger partial charge in [0.1, 0.15) is 30.0 Å². The first kappa shape index (κ1) is 28.7. The molecule has 3 aromatic rings. The number of rotatable bonds is 8. The lowest BCUT2D eigenvalue weighted by molar-refractivity contribution is -0.150. The predicted octanol–water partition coefficient (Wildman–Crippen LogP) is 1.95. The van der Waals surface area contributed by atoms with E-state index in [1.54, 1.807) is 6.92 Å². The van der Waals surface area contributed by atoms with Crippen LogP contribution in [0.4, 0.5) is 5.95 Å². The second-order valence-electron chi connectivity index (χ2n) is 9.70. The Morgan fingerprint density at radius 2 is 2.12 bits per heavy atom. The quantitative estimate of drug-likeness (QED) is 0.218. The maximum atomic E-state index is 13.5. The van der Waals surface area contributed by atoms with Crippen LogP contribution in [0.25, 0.3) is 11.2 Å². The molecule has 7 atom stereocenters. The second-order valence-corrected chi connectivity index (χ2v) is 14.1. The Bertz CT molecular complexity index is 1430. The average Bonchev–Trinajstić information content (AvgIpc) is 3.45. The van der Waals surface area contributed by atoms with Gasteiger partial charge < -0.3 is 34.7 Å². The molecule has 0 radical (unpaired) electrons. The maximum absolute atomic E-state index is 13.5. The second kappa shape index (κ2) is 11.2. The highest BCUT2D eigenvalue weighted by molar-refractivity contribution is 8.56. The normalized spacial score (nSPS) is 31.2. The summed E-state index contributed by atoms with van der Waals surface area (Å²) in [6, 6.07) is 8.46. The van der Waals surface area contributed by atoms with Crippen LogP contribution in [0, 0.1) is 0 Å². The van der Waals surface area contributed by atoms with Gasteiger partial charge in [0, 0.05) is 5.75 Å². The lowest BCUT2D eigenvalue weighted by Gasteiger charge is -2.30. The first-order chi connectivity index (χ1) is 19.0. The number of carbonyl (C=O) groups is 1. The first-order valence-corrected chi connectivity index (χ1v) is 15.8. The summed E-state index contributed by atoms with van der Waals surface area (Å²) < 4.78 is 37.4. The minimum absolute atomic E-state index is 0.0751. The summed E-state index contributed by atoms with van der Waals surface area (Å²) in [5.74, 6) is -0.0791. The van der Waals surface area contributed by atoms with Crippen molar-refractivity contribution in [2.75, 3.05) is 25.2 Å². The van der Waals surface area contributed by atoms with E-state index in [2.05, 4.69) is 20.0 Å². The molecule has 0 amide bonds. The zero-order chi connectivity index (χ0) is 28.7. The molecule has 5 N–H and O–H groups in total. The number of imidazole rings is 1. The van der Waals surface area contributed by atoms with Crippen molar-refractivity contribution < 1.29 is 38.3 Å². The van der Waals surface area contributed by atoms with E-state index in [0.717, 1.165) is 16.9 Å². The lowest BCUT2D eigenvalue weighted by atomic mass is 9.96. The molecule has 4 unspecified atom stereocenters. The monoisotopic (exact) mass is 594 g/mol. The summed E-state index contributed by atoms with van der Waals surface area (Å²) in [5.41, 5.74) is 5.34. The standard InChI is InChI=1S/C24H31N6O8PS/c1-13(14-7-5-4-6-8-14)37-21(32)15-9-10-40-39(34,29-15)36-11-16-18(31)24(2,33)22(38-16)30-12-26-17-19(30)27-23(25)28-20(17)35-3/h4-8,12-13,15-16,18,22,31,33H,9-11H2,1-3H3,(H,29,34)(H2,25,27,28)/t13?,15?,16?,18-,22-,24-,39?/m1/s1. The van der Waals surface area contributed by atoms with Gasteiger partial charge in [0.15, 0.2) is 17.4 Å². The number of nitrogens with two attached hydrogens (primary N) is 1. The van der Waals surface area contributed by atoms with E-state index < -0.39 is 48.9 Å². The fourth-order valence-electron chi connectivity index (χ4n) is 4.65. The zero-order valence-corrected chi connectivity index (χ0v) is 23.7. The summed E-state index contributed by atoms with van der Waals surface area (Å²) in [6.45, 7) is -0.748. The van der Waals surface area contributed by atoms with Crippen LogP contribution in [0.2, 0.25) is 0 Å². The zero-order valence-electron chi connectivity index (χ0n) is 22.0. The van der Waals surface area contributed by atoms with E-state index >= 15 is 0 Å². The van der Waals surface area contributed by atoms with Gasteiger partial charge in [-0.1, -0.05) is 41.7 Å². The first-order valence-electron chi connectivity index (χ1n) is 12.5. The molecule has 2 fully saturated rings. The molecule has 2 aliphatic heterocycles. The number of aliphatic hydroxyl groups excluding tert-OH is 1. The van der Waals surface area contributed by atoms with Gasteiger partial charge >= 0.3 is 12.7 Å². The number of nitrogens with zero attached hydrogens (tertiary/aromatic N) is 4. The third-order valence-electron chi connectivity index (χ3n) is 6.84. The Morgan fingerprint density at radius 3 is 2.85 bits per heavy atom. The van der Waals surface area contributed by atoms with Crippen molar-refractivity contribution in [2.24, 2.45) is 0 Å². The number of benzene rings is 1. The summed E-state index contributed by atoms with van der Waals surface area (Å²) in [4.78, 5) is 25.2. The predicted molar refractivity (Wildman–Crippen MR) is 145 cm³/mol. The van der Waals surface area contributed by atoms with Crippen LogP contribution in [0.3, 0.4) is 0 Å². The summed E-state index contributed by atoms with van der Waals surface area (Å²) in [6.07, 6.45) is -2.35. The Hall–Kier alpha value is -2.78. The minimum Gasteiger partial charge on any atom is -0.479 e. The van der Waals surface area contributed by atoms with Crippen molar-refractivity contribution in [2.45, 2.75) is 56.5 Å². The van der Waals surface area contributed by atoms with Crippen molar-refractivity contribution in [1.29, 1.82) is 0 Å². The minimum atomic E-state index is -3.58. The number of hydrogen-bond acceptors (Lipinski definition) is 13. The Balaban J connectivity index is 1.25. The number of aliphatic hydroxyl groups is 2. The molecule has 4 heterocycles. The van der Waals surface area contributed by atoms with Crippen molar-refractivity contribution in [3.63, 3.8) is 0 Å². The third-order valence-corrected chi connectivity index (χ3v) is 10.9. The molecule has 5 rings (SSSR count). The van der Waals surface area contributed by atoms with Crippen molar-refractivity contribution in [3.8, 4) is 5.88 Å². The molecular formula is C24H31N6O8PS. The van der Waals surface area contributed by atoms with Crippen LogP contribution in [0.15, 0.2) is 36.7 Å². The number of anilines is 1. The maximum Gasteiger partial charge on any atom is 0.327 e. The molecule has 16 heteroatoms. The summed E-state index contributed by atoms with van der Waals surface area (Å²) in [5, 5.41) is 24.9. The molecule has 1 aromatic carbocycles. The van der Waals surface area contributed by atoms with Gasteiger partial charge in [-0.2, -0.15) is 9.97 Å². The molecule has 0 saturated carbocycles.